The average molecular weight is 373 g/mol. The second kappa shape index (κ2) is 6.96. The summed E-state index contributed by atoms with van der Waals surface area (Å²) in [6, 6.07) is 5.83. The Hall–Kier alpha value is -3.20. The minimum absolute atomic E-state index is 0.0510. The van der Waals surface area contributed by atoms with E-state index >= 15 is 0 Å². The van der Waals surface area contributed by atoms with Crippen LogP contribution in [0.3, 0.4) is 0 Å². The van der Waals surface area contributed by atoms with Crippen LogP contribution in [0.2, 0.25) is 0 Å². The van der Waals surface area contributed by atoms with Gasteiger partial charge in [-0.1, -0.05) is 12.1 Å². The molecule has 1 aromatic carbocycles. The van der Waals surface area contributed by atoms with Crippen LogP contribution < -0.4 is 11.0 Å². The number of nitrogens with zero attached hydrogens (tertiary/aromatic N) is 2. The number of nitrogens with one attached hydrogen (secondary N) is 1. The van der Waals surface area contributed by atoms with Gasteiger partial charge in [0.25, 0.3) is 11.5 Å². The smallest absolute Gasteiger partial charge is 0.342 e. The van der Waals surface area contributed by atoms with Crippen molar-refractivity contribution >= 4 is 33.4 Å². The van der Waals surface area contributed by atoms with Gasteiger partial charge >= 0.3 is 5.97 Å². The summed E-state index contributed by atoms with van der Waals surface area (Å²) in [6.07, 6.45) is 1.21. The zero-order valence-electron chi connectivity index (χ0n) is 14.0. The SMILES string of the molecule is Cc1sc2ncn(NC(=O)COC(=O)c3ccccc3O)c(=O)c2c1C. The summed E-state index contributed by atoms with van der Waals surface area (Å²) < 4.78 is 5.81. The number of phenols is 1. The monoisotopic (exact) mass is 373 g/mol. The highest BCUT2D eigenvalue weighted by atomic mass is 32.1. The Labute approximate surface area is 151 Å². The van der Waals surface area contributed by atoms with Crippen molar-refractivity contribution in [3.05, 3.63) is 57.0 Å². The predicted molar refractivity (Wildman–Crippen MR) is 96.1 cm³/mol. The van der Waals surface area contributed by atoms with E-state index in [2.05, 4.69) is 10.4 Å². The number of aromatic hydroxyl groups is 1. The molecule has 1 amide bonds. The standard InChI is InChI=1S/C17H15N3O5S/c1-9-10(2)26-15-14(9)16(23)20(8-18-15)19-13(22)7-25-17(24)11-5-3-4-6-12(11)21/h3-6,8,21H,7H2,1-2H3,(H,19,22). The third-order valence-corrected chi connectivity index (χ3v) is 4.91. The quantitative estimate of drug-likeness (QED) is 0.674. The van der Waals surface area contributed by atoms with Gasteiger partial charge in [0, 0.05) is 4.88 Å². The van der Waals surface area contributed by atoms with Gasteiger partial charge in [0.15, 0.2) is 6.61 Å². The maximum atomic E-state index is 12.5. The number of aryl methyl sites for hydroxylation is 2. The molecule has 0 atom stereocenters. The average Bonchev–Trinajstić information content (AvgIpc) is 2.91. The first kappa shape index (κ1) is 17.6. The number of phenolic OH excluding ortho intramolecular Hbond substituents is 1. The lowest BCUT2D eigenvalue weighted by Gasteiger charge is -2.09. The lowest BCUT2D eigenvalue weighted by atomic mass is 10.2. The Kier molecular flexibility index (Phi) is 4.72. The van der Waals surface area contributed by atoms with E-state index in [0.717, 1.165) is 15.1 Å². The Morgan fingerprint density at radius 1 is 1.31 bits per heavy atom. The molecule has 2 aromatic heterocycles. The number of carbonyl (C=O) groups excluding carboxylic acids is 2. The number of amides is 1. The minimum atomic E-state index is -0.844. The van der Waals surface area contributed by atoms with E-state index in [1.54, 1.807) is 12.1 Å². The number of ether oxygens (including phenoxy) is 1. The molecule has 0 aliphatic rings. The lowest BCUT2D eigenvalue weighted by molar-refractivity contribution is -0.120. The molecule has 0 saturated carbocycles. The van der Waals surface area contributed by atoms with E-state index in [9.17, 15) is 19.5 Å². The van der Waals surface area contributed by atoms with Gasteiger partial charge < -0.3 is 9.84 Å². The summed E-state index contributed by atoms with van der Waals surface area (Å²) in [6.45, 7) is 3.10. The van der Waals surface area contributed by atoms with Gasteiger partial charge in [-0.3, -0.25) is 15.0 Å². The van der Waals surface area contributed by atoms with Crippen LogP contribution in [0.25, 0.3) is 10.2 Å². The molecule has 0 radical (unpaired) electrons. The highest BCUT2D eigenvalue weighted by Crippen LogP contribution is 2.25. The topological polar surface area (TPSA) is 111 Å². The number of esters is 1. The van der Waals surface area contributed by atoms with E-state index < -0.39 is 24.0 Å². The van der Waals surface area contributed by atoms with Crippen molar-refractivity contribution in [1.29, 1.82) is 0 Å². The fourth-order valence-corrected chi connectivity index (χ4v) is 3.32. The normalized spacial score (nSPS) is 10.7. The van der Waals surface area contributed by atoms with Crippen molar-refractivity contribution in [2.24, 2.45) is 0 Å². The highest BCUT2D eigenvalue weighted by Gasteiger charge is 2.16. The summed E-state index contributed by atoms with van der Waals surface area (Å²) in [5.41, 5.74) is 2.69. The molecule has 0 fully saturated rings. The maximum Gasteiger partial charge on any atom is 0.342 e. The molecule has 134 valence electrons. The number of hydrogen-bond donors (Lipinski definition) is 2. The molecule has 0 aliphatic heterocycles. The molecule has 0 unspecified atom stereocenters. The Bertz CT molecular complexity index is 1070. The highest BCUT2D eigenvalue weighted by molar-refractivity contribution is 7.18. The first-order chi connectivity index (χ1) is 12.4. The summed E-state index contributed by atoms with van der Waals surface area (Å²) in [5, 5.41) is 10.0. The Morgan fingerprint density at radius 2 is 2.04 bits per heavy atom. The van der Waals surface area contributed by atoms with E-state index in [-0.39, 0.29) is 11.3 Å². The van der Waals surface area contributed by atoms with Gasteiger partial charge in [-0.15, -0.1) is 11.3 Å². The number of rotatable bonds is 4. The molecular formula is C17H15N3O5S. The number of aromatic nitrogens is 2. The van der Waals surface area contributed by atoms with E-state index in [1.807, 2.05) is 13.8 Å². The Balaban J connectivity index is 1.71. The zero-order chi connectivity index (χ0) is 18.8. The molecular weight excluding hydrogens is 358 g/mol. The fraction of sp³-hybridized carbons (Fsp3) is 0.176. The van der Waals surface area contributed by atoms with Crippen molar-refractivity contribution < 1.29 is 19.4 Å². The van der Waals surface area contributed by atoms with Crippen LogP contribution in [0.15, 0.2) is 35.4 Å². The van der Waals surface area contributed by atoms with Gasteiger partial charge in [-0.2, -0.15) is 0 Å². The lowest BCUT2D eigenvalue weighted by Crippen LogP contribution is -2.35. The molecule has 0 spiro atoms. The summed E-state index contributed by atoms with van der Waals surface area (Å²) in [5.74, 6) is -1.79. The fourth-order valence-electron chi connectivity index (χ4n) is 2.34. The van der Waals surface area contributed by atoms with Crippen molar-refractivity contribution in [3.8, 4) is 5.75 Å². The zero-order valence-corrected chi connectivity index (χ0v) is 14.8. The molecule has 9 heteroatoms. The molecule has 0 aliphatic carbocycles. The molecule has 0 bridgehead atoms. The number of carbonyl (C=O) groups is 2. The third-order valence-electron chi connectivity index (χ3n) is 3.79. The number of hydrogen-bond acceptors (Lipinski definition) is 7. The second-order valence-electron chi connectivity index (χ2n) is 5.51. The van der Waals surface area contributed by atoms with E-state index in [0.29, 0.717) is 10.2 Å². The van der Waals surface area contributed by atoms with Gasteiger partial charge in [-0.25, -0.2) is 14.5 Å². The van der Waals surface area contributed by atoms with Crippen molar-refractivity contribution in [2.45, 2.75) is 13.8 Å². The van der Waals surface area contributed by atoms with Gasteiger partial charge in [0.2, 0.25) is 0 Å². The number of benzene rings is 1. The largest absolute Gasteiger partial charge is 0.507 e. The Morgan fingerprint density at radius 3 is 2.77 bits per heavy atom. The third kappa shape index (κ3) is 3.29. The van der Waals surface area contributed by atoms with Crippen molar-refractivity contribution in [3.63, 3.8) is 0 Å². The van der Waals surface area contributed by atoms with Crippen LogP contribution in [0.4, 0.5) is 0 Å². The van der Waals surface area contributed by atoms with Gasteiger partial charge in [0.05, 0.1) is 5.39 Å². The molecule has 2 N–H and O–H groups in total. The number of thiophene rings is 1. The summed E-state index contributed by atoms with van der Waals surface area (Å²) in [4.78, 5) is 42.1. The molecule has 0 saturated heterocycles. The second-order valence-corrected chi connectivity index (χ2v) is 6.71. The first-order valence-electron chi connectivity index (χ1n) is 7.61. The van der Waals surface area contributed by atoms with Crippen LogP contribution >= 0.6 is 11.3 Å². The predicted octanol–water partition coefficient (Wildman–Crippen LogP) is 1.71. The van der Waals surface area contributed by atoms with Crippen LogP contribution in [-0.2, 0) is 9.53 Å². The molecule has 8 nitrogen and oxygen atoms in total. The summed E-state index contributed by atoms with van der Waals surface area (Å²) in [7, 11) is 0. The summed E-state index contributed by atoms with van der Waals surface area (Å²) >= 11 is 1.40. The number of fused-ring (bicyclic) bond motifs is 1. The maximum absolute atomic E-state index is 12.5. The van der Waals surface area contributed by atoms with Crippen LogP contribution in [0.1, 0.15) is 20.8 Å². The van der Waals surface area contributed by atoms with Crippen LogP contribution in [0.5, 0.6) is 5.75 Å². The van der Waals surface area contributed by atoms with E-state index in [4.69, 9.17) is 4.74 Å². The van der Waals surface area contributed by atoms with Crippen LogP contribution in [-0.4, -0.2) is 33.2 Å². The van der Waals surface area contributed by atoms with Crippen molar-refractivity contribution in [1.82, 2.24) is 9.66 Å². The molecule has 2 heterocycles. The minimum Gasteiger partial charge on any atom is -0.507 e. The molecule has 3 rings (SSSR count). The van der Waals surface area contributed by atoms with Crippen LogP contribution in [0, 0.1) is 13.8 Å². The van der Waals surface area contributed by atoms with Gasteiger partial charge in [0.1, 0.15) is 22.5 Å². The van der Waals surface area contributed by atoms with E-state index in [1.165, 1.54) is 29.8 Å². The first-order valence-corrected chi connectivity index (χ1v) is 8.42. The molecule has 3 aromatic rings. The van der Waals surface area contributed by atoms with Crippen molar-refractivity contribution in [2.75, 3.05) is 12.0 Å². The van der Waals surface area contributed by atoms with Gasteiger partial charge in [-0.05, 0) is 31.5 Å². The number of para-hydroxylation sites is 1. The molecule has 26 heavy (non-hydrogen) atoms.